The van der Waals surface area contributed by atoms with Crippen LogP contribution in [0.5, 0.6) is 0 Å². The minimum absolute atomic E-state index is 0. The Balaban J connectivity index is 0. The van der Waals surface area contributed by atoms with Gasteiger partial charge in [0.25, 0.3) is 0 Å². The summed E-state index contributed by atoms with van der Waals surface area (Å²) in [6.45, 7) is 6.78. The van der Waals surface area contributed by atoms with E-state index in [1.807, 2.05) is 0 Å². The summed E-state index contributed by atoms with van der Waals surface area (Å²) in [5, 5.41) is 2.36. The lowest BCUT2D eigenvalue weighted by atomic mass is 10.1. The third-order valence-electron chi connectivity index (χ3n) is 1.65. The van der Waals surface area contributed by atoms with E-state index in [9.17, 15) is 9.59 Å². The van der Waals surface area contributed by atoms with E-state index in [4.69, 9.17) is 10.5 Å². The number of amides is 1. The van der Waals surface area contributed by atoms with Crippen LogP contribution in [0.15, 0.2) is 0 Å². The van der Waals surface area contributed by atoms with E-state index in [-0.39, 0.29) is 12.4 Å². The Bertz CT molecular complexity index is 264. The Labute approximate surface area is 108 Å². The molecule has 6 nitrogen and oxygen atoms in total. The molecule has 0 aromatic rings. The zero-order valence-electron chi connectivity index (χ0n) is 10.8. The zero-order valence-corrected chi connectivity index (χ0v) is 11.6. The first-order valence-electron chi connectivity index (χ1n) is 5.00. The highest BCUT2D eigenvalue weighted by Gasteiger charge is 2.27. The maximum absolute atomic E-state index is 11.4. The van der Waals surface area contributed by atoms with Gasteiger partial charge in [0.05, 0.1) is 7.11 Å². The third kappa shape index (κ3) is 7.82. The molecule has 0 radical (unpaired) electrons. The van der Waals surface area contributed by atoms with Gasteiger partial charge in [-0.1, -0.05) is 0 Å². The smallest absolute Gasteiger partial charge is 0.408 e. The quantitative estimate of drug-likeness (QED) is 0.740. The second-order valence-corrected chi connectivity index (χ2v) is 4.51. The number of ether oxygens (including phenoxy) is 2. The SMILES string of the molecule is COC(=O)[C@@H](NC(=O)OC(C)(C)C)[C@H](C)N.Cl. The van der Waals surface area contributed by atoms with Crippen molar-refractivity contribution in [3.8, 4) is 0 Å². The summed E-state index contributed by atoms with van der Waals surface area (Å²) in [5.41, 5.74) is 4.93. The van der Waals surface area contributed by atoms with Crippen molar-refractivity contribution < 1.29 is 19.1 Å². The van der Waals surface area contributed by atoms with Crippen molar-refractivity contribution in [3.05, 3.63) is 0 Å². The number of esters is 1. The number of nitrogens with one attached hydrogen (secondary N) is 1. The van der Waals surface area contributed by atoms with Crippen LogP contribution < -0.4 is 11.1 Å². The molecule has 0 aliphatic heterocycles. The maximum atomic E-state index is 11.4. The first-order valence-corrected chi connectivity index (χ1v) is 5.00. The molecule has 0 rings (SSSR count). The highest BCUT2D eigenvalue weighted by atomic mass is 35.5. The van der Waals surface area contributed by atoms with Gasteiger partial charge < -0.3 is 20.5 Å². The van der Waals surface area contributed by atoms with Crippen LogP contribution in [0.3, 0.4) is 0 Å². The summed E-state index contributed by atoms with van der Waals surface area (Å²) in [4.78, 5) is 22.7. The third-order valence-corrected chi connectivity index (χ3v) is 1.65. The fourth-order valence-corrected chi connectivity index (χ4v) is 0.967. The van der Waals surface area contributed by atoms with E-state index >= 15 is 0 Å². The van der Waals surface area contributed by atoms with E-state index < -0.39 is 29.7 Å². The van der Waals surface area contributed by atoms with Gasteiger partial charge in [-0.3, -0.25) is 0 Å². The van der Waals surface area contributed by atoms with Crippen molar-refractivity contribution in [1.82, 2.24) is 5.32 Å². The number of methoxy groups -OCH3 is 1. The minimum Gasteiger partial charge on any atom is -0.467 e. The lowest BCUT2D eigenvalue weighted by Gasteiger charge is -2.24. The summed E-state index contributed by atoms with van der Waals surface area (Å²) in [5.74, 6) is -0.596. The van der Waals surface area contributed by atoms with Crippen LogP contribution in [0.25, 0.3) is 0 Å². The number of carbonyl (C=O) groups excluding carboxylic acids is 2. The lowest BCUT2D eigenvalue weighted by molar-refractivity contribution is -0.143. The number of rotatable bonds is 3. The molecule has 3 N–H and O–H groups in total. The summed E-state index contributed by atoms with van der Waals surface area (Å²) in [7, 11) is 1.23. The predicted molar refractivity (Wildman–Crippen MR) is 66.1 cm³/mol. The molecule has 2 atom stereocenters. The van der Waals surface area contributed by atoms with Crippen LogP contribution in [0.4, 0.5) is 4.79 Å². The molecule has 102 valence electrons. The van der Waals surface area contributed by atoms with Crippen molar-refractivity contribution in [3.63, 3.8) is 0 Å². The van der Waals surface area contributed by atoms with Crippen LogP contribution in [0, 0.1) is 0 Å². The highest BCUT2D eigenvalue weighted by Crippen LogP contribution is 2.07. The molecule has 0 spiro atoms. The van der Waals surface area contributed by atoms with Gasteiger partial charge in [-0.2, -0.15) is 0 Å². The molecule has 0 aromatic heterocycles. The molecule has 0 saturated heterocycles. The fraction of sp³-hybridized carbons (Fsp3) is 0.800. The Kier molecular flexibility index (Phi) is 7.93. The average molecular weight is 269 g/mol. The highest BCUT2D eigenvalue weighted by molar-refractivity contribution is 5.85. The molecule has 0 bridgehead atoms. The number of carbonyl (C=O) groups is 2. The van der Waals surface area contributed by atoms with Crippen LogP contribution in [0.1, 0.15) is 27.7 Å². The molecular formula is C10H21ClN2O4. The fourth-order valence-electron chi connectivity index (χ4n) is 0.967. The Morgan fingerprint density at radius 2 is 1.76 bits per heavy atom. The minimum atomic E-state index is -0.903. The molecule has 7 heteroatoms. The van der Waals surface area contributed by atoms with E-state index in [1.54, 1.807) is 27.7 Å². The van der Waals surface area contributed by atoms with Crippen molar-refractivity contribution in [2.45, 2.75) is 45.4 Å². The number of alkyl carbamates (subject to hydrolysis) is 1. The molecule has 0 fully saturated rings. The first-order chi connectivity index (χ1) is 7.17. The number of hydrogen-bond donors (Lipinski definition) is 2. The second-order valence-electron chi connectivity index (χ2n) is 4.51. The Hall–Kier alpha value is -1.01. The van der Waals surface area contributed by atoms with Crippen LogP contribution in [-0.4, -0.2) is 36.9 Å². The summed E-state index contributed by atoms with van der Waals surface area (Å²) >= 11 is 0. The normalized spacial score (nSPS) is 14.0. The number of nitrogens with two attached hydrogens (primary N) is 1. The number of hydrogen-bond acceptors (Lipinski definition) is 5. The predicted octanol–water partition coefficient (Wildman–Crippen LogP) is 0.822. The first kappa shape index (κ1) is 18.4. The average Bonchev–Trinajstić information content (AvgIpc) is 2.09. The van der Waals surface area contributed by atoms with Gasteiger partial charge in [-0.25, -0.2) is 9.59 Å². The van der Waals surface area contributed by atoms with Gasteiger partial charge in [0.1, 0.15) is 11.6 Å². The van der Waals surface area contributed by atoms with Crippen molar-refractivity contribution in [2.24, 2.45) is 5.73 Å². The Morgan fingerprint density at radius 1 is 1.29 bits per heavy atom. The topological polar surface area (TPSA) is 90.6 Å². The van der Waals surface area contributed by atoms with Gasteiger partial charge in [0.2, 0.25) is 0 Å². The molecule has 0 aliphatic rings. The van der Waals surface area contributed by atoms with Crippen LogP contribution in [0.2, 0.25) is 0 Å². The monoisotopic (exact) mass is 268 g/mol. The molecular weight excluding hydrogens is 248 g/mol. The number of halogens is 1. The van der Waals surface area contributed by atoms with Crippen molar-refractivity contribution in [1.29, 1.82) is 0 Å². The standard InChI is InChI=1S/C10H20N2O4.ClH/c1-6(11)7(8(13)15-5)12-9(14)16-10(2,3)4;/h6-7H,11H2,1-5H3,(H,12,14);1H/t6-,7-;/m0./s1. The van der Waals surface area contributed by atoms with Gasteiger partial charge >= 0.3 is 12.1 Å². The van der Waals surface area contributed by atoms with Crippen LogP contribution >= 0.6 is 12.4 Å². The van der Waals surface area contributed by atoms with Gasteiger partial charge in [0.15, 0.2) is 0 Å². The van der Waals surface area contributed by atoms with Gasteiger partial charge in [-0.05, 0) is 27.7 Å². The summed E-state index contributed by atoms with van der Waals surface area (Å²) in [6, 6.07) is -1.46. The van der Waals surface area contributed by atoms with Crippen LogP contribution in [-0.2, 0) is 14.3 Å². The molecule has 0 aliphatic carbocycles. The van der Waals surface area contributed by atoms with E-state index in [1.165, 1.54) is 7.11 Å². The molecule has 1 amide bonds. The second kappa shape index (κ2) is 7.34. The van der Waals surface area contributed by atoms with Gasteiger partial charge in [-0.15, -0.1) is 12.4 Å². The van der Waals surface area contributed by atoms with E-state index in [0.29, 0.717) is 0 Å². The lowest BCUT2D eigenvalue weighted by Crippen LogP contribution is -2.52. The Morgan fingerprint density at radius 3 is 2.06 bits per heavy atom. The molecule has 0 aromatic carbocycles. The van der Waals surface area contributed by atoms with Gasteiger partial charge in [0, 0.05) is 6.04 Å². The molecule has 0 heterocycles. The maximum Gasteiger partial charge on any atom is 0.408 e. The van der Waals surface area contributed by atoms with E-state index in [0.717, 1.165) is 0 Å². The summed E-state index contributed by atoms with van der Waals surface area (Å²) in [6.07, 6.45) is -0.694. The van der Waals surface area contributed by atoms with E-state index in [2.05, 4.69) is 10.1 Å². The van der Waals surface area contributed by atoms with Crippen molar-refractivity contribution >= 4 is 24.5 Å². The molecule has 0 saturated carbocycles. The van der Waals surface area contributed by atoms with Crippen molar-refractivity contribution in [2.75, 3.05) is 7.11 Å². The summed E-state index contributed by atoms with van der Waals surface area (Å²) < 4.78 is 9.52. The largest absolute Gasteiger partial charge is 0.467 e. The molecule has 0 unspecified atom stereocenters. The zero-order chi connectivity index (χ0) is 12.9. The molecule has 17 heavy (non-hydrogen) atoms.